The molecule has 0 rings (SSSR count). The topological polar surface area (TPSA) is 17.1 Å². The van der Waals surface area contributed by atoms with Gasteiger partial charge in [-0.25, -0.2) is 0 Å². The van der Waals surface area contributed by atoms with Gasteiger partial charge in [0.2, 0.25) is 0 Å². The lowest BCUT2D eigenvalue weighted by molar-refractivity contribution is -0.117. The van der Waals surface area contributed by atoms with Gasteiger partial charge in [0.25, 0.3) is 0 Å². The van der Waals surface area contributed by atoms with Crippen molar-refractivity contribution in [2.45, 2.75) is 65.2 Å². The molecule has 0 aromatic heterocycles. The van der Waals surface area contributed by atoms with Crippen molar-refractivity contribution < 1.29 is 4.79 Å². The van der Waals surface area contributed by atoms with E-state index in [1.807, 2.05) is 0 Å². The summed E-state index contributed by atoms with van der Waals surface area (Å²) < 4.78 is 0. The van der Waals surface area contributed by atoms with Gasteiger partial charge in [0.15, 0.2) is 0 Å². The molecule has 14 heavy (non-hydrogen) atoms. The summed E-state index contributed by atoms with van der Waals surface area (Å²) in [4.78, 5) is 10.6. The van der Waals surface area contributed by atoms with Crippen LogP contribution in [0.4, 0.5) is 0 Å². The maximum Gasteiger partial charge on any atom is 0.129 e. The Bertz CT molecular complexity index is 159. The van der Waals surface area contributed by atoms with E-state index in [1.165, 1.54) is 38.5 Å². The van der Waals surface area contributed by atoms with Crippen LogP contribution in [-0.4, -0.2) is 5.78 Å². The first kappa shape index (κ1) is 13.4. The molecular formula is C13H24O. The number of allylic oxidation sites excluding steroid dienone is 2. The Balaban J connectivity index is 2.95. The smallest absolute Gasteiger partial charge is 0.129 e. The summed E-state index contributed by atoms with van der Waals surface area (Å²) in [6.45, 7) is 3.75. The van der Waals surface area contributed by atoms with Crippen LogP contribution in [0.5, 0.6) is 0 Å². The fourth-order valence-electron chi connectivity index (χ4n) is 1.51. The Kier molecular flexibility index (Phi) is 10.0. The van der Waals surface area contributed by atoms with E-state index in [-0.39, 0.29) is 0 Å². The molecule has 0 atom stereocenters. The maximum absolute atomic E-state index is 10.6. The maximum atomic E-state index is 10.6. The normalized spacial score (nSPS) is 11.0. The van der Waals surface area contributed by atoms with Crippen LogP contribution >= 0.6 is 0 Å². The molecule has 0 N–H and O–H groups in total. The molecule has 0 aromatic carbocycles. The third kappa shape index (κ3) is 11.4. The van der Waals surface area contributed by atoms with E-state index in [0.717, 1.165) is 12.8 Å². The molecule has 0 unspecified atom stereocenters. The zero-order valence-electron chi connectivity index (χ0n) is 9.72. The fourth-order valence-corrected chi connectivity index (χ4v) is 1.51. The van der Waals surface area contributed by atoms with Gasteiger partial charge >= 0.3 is 0 Å². The lowest BCUT2D eigenvalue weighted by Gasteiger charge is -1.99. The van der Waals surface area contributed by atoms with E-state index >= 15 is 0 Å². The molecule has 0 radical (unpaired) electrons. The molecule has 0 saturated heterocycles. The number of carbonyl (C=O) groups excluding carboxylic acids is 1. The van der Waals surface area contributed by atoms with Gasteiger partial charge in [-0.15, -0.1) is 0 Å². The summed E-state index contributed by atoms with van der Waals surface area (Å²) in [6.07, 6.45) is 13.9. The predicted octanol–water partition coefficient (Wildman–Crippen LogP) is 4.27. The highest BCUT2D eigenvalue weighted by atomic mass is 16.1. The Morgan fingerprint density at radius 3 is 2.14 bits per heavy atom. The van der Waals surface area contributed by atoms with Gasteiger partial charge < -0.3 is 4.79 Å². The molecule has 0 aromatic rings. The number of hydrogen-bond acceptors (Lipinski definition) is 1. The van der Waals surface area contributed by atoms with Crippen LogP contribution in [0.3, 0.4) is 0 Å². The monoisotopic (exact) mass is 196 g/mol. The molecule has 0 amide bonds. The number of Topliss-reactive ketones (excluding diaryl/α,β-unsaturated/α-hetero) is 1. The van der Waals surface area contributed by atoms with Crippen LogP contribution < -0.4 is 0 Å². The van der Waals surface area contributed by atoms with Crippen LogP contribution in [-0.2, 0) is 4.79 Å². The van der Waals surface area contributed by atoms with E-state index in [9.17, 15) is 4.79 Å². The van der Waals surface area contributed by atoms with Crippen molar-refractivity contribution in [1.29, 1.82) is 0 Å². The van der Waals surface area contributed by atoms with Gasteiger partial charge in [0.05, 0.1) is 0 Å². The summed E-state index contributed by atoms with van der Waals surface area (Å²) in [5.41, 5.74) is 0. The van der Waals surface area contributed by atoms with Crippen molar-refractivity contribution in [2.75, 3.05) is 0 Å². The van der Waals surface area contributed by atoms with Crippen molar-refractivity contribution >= 4 is 5.78 Å². The number of hydrogen-bond donors (Lipinski definition) is 0. The summed E-state index contributed by atoms with van der Waals surface area (Å²) in [5.74, 6) is 0.332. The Morgan fingerprint density at radius 2 is 1.57 bits per heavy atom. The summed E-state index contributed by atoms with van der Waals surface area (Å²) >= 11 is 0. The third-order valence-corrected chi connectivity index (χ3v) is 2.39. The summed E-state index contributed by atoms with van der Waals surface area (Å²) in [5, 5.41) is 0. The standard InChI is InChI=1S/C13H24O/c1-3-4-5-6-7-8-9-10-11-12-13(2)14/h3-4H,5-12H2,1-2H3/b4-3-. The molecule has 0 saturated carbocycles. The lowest BCUT2D eigenvalue weighted by Crippen LogP contribution is -1.89. The first-order chi connectivity index (χ1) is 6.77. The van der Waals surface area contributed by atoms with Crippen LogP contribution in [0, 0.1) is 0 Å². The van der Waals surface area contributed by atoms with Crippen molar-refractivity contribution in [2.24, 2.45) is 0 Å². The summed E-state index contributed by atoms with van der Waals surface area (Å²) in [7, 11) is 0. The number of ketones is 1. The van der Waals surface area contributed by atoms with Crippen LogP contribution in [0.1, 0.15) is 65.2 Å². The Hall–Kier alpha value is -0.590. The Labute approximate surface area is 88.6 Å². The van der Waals surface area contributed by atoms with Gasteiger partial charge in [0.1, 0.15) is 5.78 Å². The van der Waals surface area contributed by atoms with Gasteiger partial charge in [-0.05, 0) is 33.1 Å². The molecule has 0 aliphatic heterocycles. The first-order valence-electron chi connectivity index (χ1n) is 5.88. The second-order valence-corrected chi connectivity index (χ2v) is 3.93. The van der Waals surface area contributed by atoms with E-state index in [2.05, 4.69) is 19.1 Å². The van der Waals surface area contributed by atoms with E-state index in [0.29, 0.717) is 5.78 Å². The van der Waals surface area contributed by atoms with Gasteiger partial charge in [-0.2, -0.15) is 0 Å². The average Bonchev–Trinajstić information content (AvgIpc) is 2.15. The van der Waals surface area contributed by atoms with Crippen molar-refractivity contribution in [3.63, 3.8) is 0 Å². The zero-order chi connectivity index (χ0) is 10.6. The molecule has 0 heterocycles. The van der Waals surface area contributed by atoms with Crippen molar-refractivity contribution in [3.8, 4) is 0 Å². The summed E-state index contributed by atoms with van der Waals surface area (Å²) in [6, 6.07) is 0. The van der Waals surface area contributed by atoms with Crippen molar-refractivity contribution in [1.82, 2.24) is 0 Å². The van der Waals surface area contributed by atoms with Gasteiger partial charge in [-0.3, -0.25) is 0 Å². The number of rotatable bonds is 9. The molecule has 82 valence electrons. The zero-order valence-corrected chi connectivity index (χ0v) is 9.72. The van der Waals surface area contributed by atoms with Crippen LogP contribution in [0.15, 0.2) is 12.2 Å². The van der Waals surface area contributed by atoms with Gasteiger partial charge in [0, 0.05) is 6.42 Å². The fraction of sp³-hybridized carbons (Fsp3) is 0.769. The van der Waals surface area contributed by atoms with E-state index in [4.69, 9.17) is 0 Å². The molecule has 0 aliphatic carbocycles. The molecule has 0 bridgehead atoms. The third-order valence-electron chi connectivity index (χ3n) is 2.39. The van der Waals surface area contributed by atoms with E-state index < -0.39 is 0 Å². The molecule has 0 aliphatic rings. The average molecular weight is 196 g/mol. The van der Waals surface area contributed by atoms with Crippen LogP contribution in [0.2, 0.25) is 0 Å². The lowest BCUT2D eigenvalue weighted by atomic mass is 10.1. The molecule has 1 nitrogen and oxygen atoms in total. The first-order valence-corrected chi connectivity index (χ1v) is 5.88. The molecular weight excluding hydrogens is 172 g/mol. The van der Waals surface area contributed by atoms with Gasteiger partial charge in [-0.1, -0.05) is 37.8 Å². The second kappa shape index (κ2) is 10.5. The number of unbranched alkanes of at least 4 members (excludes halogenated alkanes) is 6. The Morgan fingerprint density at radius 1 is 1.00 bits per heavy atom. The predicted molar refractivity (Wildman–Crippen MR) is 62.4 cm³/mol. The minimum absolute atomic E-state index is 0.332. The second-order valence-electron chi connectivity index (χ2n) is 3.93. The number of carbonyl (C=O) groups is 1. The molecule has 0 spiro atoms. The van der Waals surface area contributed by atoms with Crippen molar-refractivity contribution in [3.05, 3.63) is 12.2 Å². The molecule has 1 heteroatoms. The highest BCUT2D eigenvalue weighted by Gasteiger charge is 1.93. The largest absolute Gasteiger partial charge is 0.300 e. The SMILES string of the molecule is C/C=C\CCCCCCCCC(C)=O. The quantitative estimate of drug-likeness (QED) is 0.397. The molecule has 0 fully saturated rings. The highest BCUT2D eigenvalue weighted by Crippen LogP contribution is 2.08. The minimum atomic E-state index is 0.332. The minimum Gasteiger partial charge on any atom is -0.300 e. The highest BCUT2D eigenvalue weighted by molar-refractivity contribution is 5.75. The van der Waals surface area contributed by atoms with Crippen LogP contribution in [0.25, 0.3) is 0 Å². The van der Waals surface area contributed by atoms with E-state index in [1.54, 1.807) is 6.92 Å².